The van der Waals surface area contributed by atoms with Crippen LogP contribution in [0, 0.1) is 0 Å². The number of hydrogen-bond donors (Lipinski definition) is 0. The molecule has 0 aliphatic heterocycles. The van der Waals surface area contributed by atoms with E-state index < -0.39 is 0 Å². The van der Waals surface area contributed by atoms with Gasteiger partial charge in [-0.3, -0.25) is 9.59 Å². The van der Waals surface area contributed by atoms with E-state index in [4.69, 9.17) is 18.9 Å². The number of carbonyl (C=O) groups is 2. The molecule has 0 amide bonds. The van der Waals surface area contributed by atoms with Gasteiger partial charge >= 0.3 is 11.9 Å². The van der Waals surface area contributed by atoms with Crippen molar-refractivity contribution in [1.82, 2.24) is 0 Å². The third-order valence-corrected chi connectivity index (χ3v) is 2.77. The summed E-state index contributed by atoms with van der Waals surface area (Å²) in [4.78, 5) is 20.6. The predicted molar refractivity (Wildman–Crippen MR) is 80.1 cm³/mol. The van der Waals surface area contributed by atoms with E-state index in [1.165, 1.54) is 13.8 Å². The minimum atomic E-state index is -0.233. The first-order valence-corrected chi connectivity index (χ1v) is 7.19. The summed E-state index contributed by atoms with van der Waals surface area (Å²) in [7, 11) is 3.31. The number of esters is 2. The highest BCUT2D eigenvalue weighted by atomic mass is 16.5. The molecule has 0 aromatic rings. The van der Waals surface area contributed by atoms with Crippen LogP contribution in [0.1, 0.15) is 47.0 Å². The van der Waals surface area contributed by atoms with E-state index in [0.717, 1.165) is 19.3 Å². The molecular formula is C15H30O6. The zero-order valence-corrected chi connectivity index (χ0v) is 14.1. The summed E-state index contributed by atoms with van der Waals surface area (Å²) in [6, 6.07) is 0. The minimum absolute atomic E-state index is 0.166. The first kappa shape index (κ1) is 22.1. The molecule has 0 aliphatic carbocycles. The van der Waals surface area contributed by atoms with Crippen LogP contribution in [-0.2, 0) is 28.5 Å². The van der Waals surface area contributed by atoms with E-state index in [9.17, 15) is 9.59 Å². The van der Waals surface area contributed by atoms with E-state index >= 15 is 0 Å². The fraction of sp³-hybridized carbons (Fsp3) is 0.867. The molecule has 0 N–H and O–H groups in total. The average molecular weight is 306 g/mol. The molecule has 2 atom stereocenters. The summed E-state index contributed by atoms with van der Waals surface area (Å²) in [5.74, 6) is -0.459. The van der Waals surface area contributed by atoms with Crippen LogP contribution in [0.3, 0.4) is 0 Å². The van der Waals surface area contributed by atoms with Crippen LogP contribution in [0.5, 0.6) is 0 Å². The number of methoxy groups -OCH3 is 2. The van der Waals surface area contributed by atoms with Gasteiger partial charge in [-0.05, 0) is 13.3 Å². The Bertz CT molecular complexity index is 263. The zero-order valence-electron chi connectivity index (χ0n) is 14.1. The lowest BCUT2D eigenvalue weighted by molar-refractivity contribution is -0.142. The van der Waals surface area contributed by atoms with E-state index in [1.54, 1.807) is 14.2 Å². The summed E-state index contributed by atoms with van der Waals surface area (Å²) in [6.07, 6.45) is 2.88. The Morgan fingerprint density at radius 3 is 1.71 bits per heavy atom. The Kier molecular flexibility index (Phi) is 16.1. The number of carbonyl (C=O) groups excluding carboxylic acids is 2. The van der Waals surface area contributed by atoms with Crippen LogP contribution in [0.4, 0.5) is 0 Å². The zero-order chi connectivity index (χ0) is 16.7. The molecule has 21 heavy (non-hydrogen) atoms. The highest BCUT2D eigenvalue weighted by Gasteiger charge is 2.04. The van der Waals surface area contributed by atoms with E-state index in [-0.39, 0.29) is 24.1 Å². The first-order valence-electron chi connectivity index (χ1n) is 7.19. The highest BCUT2D eigenvalue weighted by Crippen LogP contribution is 2.01. The summed E-state index contributed by atoms with van der Waals surface area (Å²) < 4.78 is 19.5. The maximum atomic E-state index is 10.3. The molecule has 0 saturated heterocycles. The largest absolute Gasteiger partial charge is 0.466 e. The van der Waals surface area contributed by atoms with Crippen LogP contribution in [-0.4, -0.2) is 51.6 Å². The van der Waals surface area contributed by atoms with Gasteiger partial charge in [0.05, 0.1) is 25.4 Å². The average Bonchev–Trinajstić information content (AvgIpc) is 2.43. The van der Waals surface area contributed by atoms with Gasteiger partial charge in [0, 0.05) is 40.9 Å². The summed E-state index contributed by atoms with van der Waals surface area (Å²) >= 11 is 0. The molecule has 0 rings (SSSR count). The smallest absolute Gasteiger partial charge is 0.302 e. The van der Waals surface area contributed by atoms with Gasteiger partial charge in [-0.15, -0.1) is 0 Å². The highest BCUT2D eigenvalue weighted by molar-refractivity contribution is 5.66. The molecule has 0 aliphatic rings. The number of ether oxygens (including phenoxy) is 4. The number of rotatable bonds is 9. The van der Waals surface area contributed by atoms with E-state index in [0.29, 0.717) is 13.2 Å². The Morgan fingerprint density at radius 2 is 1.38 bits per heavy atom. The van der Waals surface area contributed by atoms with Crippen LogP contribution in [0.2, 0.25) is 0 Å². The molecule has 2 unspecified atom stereocenters. The van der Waals surface area contributed by atoms with E-state index in [2.05, 4.69) is 0 Å². The van der Waals surface area contributed by atoms with Gasteiger partial charge in [0.25, 0.3) is 0 Å². The quantitative estimate of drug-likeness (QED) is 0.609. The van der Waals surface area contributed by atoms with Gasteiger partial charge in [-0.2, -0.15) is 0 Å². The fourth-order valence-electron chi connectivity index (χ4n) is 1.31. The second-order valence-corrected chi connectivity index (χ2v) is 4.57. The topological polar surface area (TPSA) is 71.1 Å². The Morgan fingerprint density at radius 1 is 0.905 bits per heavy atom. The van der Waals surface area contributed by atoms with Gasteiger partial charge in [0.15, 0.2) is 0 Å². The Hall–Kier alpha value is -1.14. The van der Waals surface area contributed by atoms with Crippen molar-refractivity contribution in [2.24, 2.45) is 0 Å². The van der Waals surface area contributed by atoms with Gasteiger partial charge in [-0.25, -0.2) is 0 Å². The predicted octanol–water partition coefficient (Wildman–Crippen LogP) is 2.34. The standard InChI is InChI=1S/C8H16O3.C7H14O3/c1-4-8(10-3)5-6-11-7(2)9;1-6(9-3)4-5-10-7(2)8/h8H,4-6H2,1-3H3;6H,4-5H2,1-3H3. The van der Waals surface area contributed by atoms with Gasteiger partial charge in [-0.1, -0.05) is 6.92 Å². The monoisotopic (exact) mass is 306 g/mol. The Labute approximate surface area is 128 Å². The van der Waals surface area contributed by atoms with Crippen molar-refractivity contribution >= 4 is 11.9 Å². The second kappa shape index (κ2) is 15.3. The van der Waals surface area contributed by atoms with Crippen LogP contribution >= 0.6 is 0 Å². The van der Waals surface area contributed by atoms with Crippen LogP contribution in [0.25, 0.3) is 0 Å². The first-order chi connectivity index (χ1) is 9.87. The van der Waals surface area contributed by atoms with Crippen LogP contribution in [0.15, 0.2) is 0 Å². The molecule has 0 bridgehead atoms. The lowest BCUT2D eigenvalue weighted by atomic mass is 10.2. The van der Waals surface area contributed by atoms with Crippen molar-refractivity contribution in [2.45, 2.75) is 59.2 Å². The van der Waals surface area contributed by atoms with Gasteiger partial charge in [0.2, 0.25) is 0 Å². The molecule has 6 heteroatoms. The Balaban J connectivity index is 0. The van der Waals surface area contributed by atoms with Crippen molar-refractivity contribution in [3.05, 3.63) is 0 Å². The maximum absolute atomic E-state index is 10.3. The normalized spacial score (nSPS) is 12.7. The molecular weight excluding hydrogens is 276 g/mol. The summed E-state index contributed by atoms with van der Waals surface area (Å²) in [5, 5.41) is 0. The molecule has 126 valence electrons. The summed E-state index contributed by atoms with van der Waals surface area (Å²) in [6.45, 7) is 7.70. The van der Waals surface area contributed by atoms with Crippen molar-refractivity contribution < 1.29 is 28.5 Å². The van der Waals surface area contributed by atoms with Gasteiger partial charge < -0.3 is 18.9 Å². The fourth-order valence-corrected chi connectivity index (χ4v) is 1.31. The lowest BCUT2D eigenvalue weighted by Gasteiger charge is -2.11. The SMILES string of the molecule is CCC(CCOC(C)=O)OC.COC(C)CCOC(C)=O. The third kappa shape index (κ3) is 18.9. The minimum Gasteiger partial charge on any atom is -0.466 e. The number of hydrogen-bond acceptors (Lipinski definition) is 6. The molecule has 0 fully saturated rings. The molecule has 0 aromatic carbocycles. The van der Waals surface area contributed by atoms with Crippen LogP contribution < -0.4 is 0 Å². The lowest BCUT2D eigenvalue weighted by Crippen LogP contribution is -2.13. The summed E-state index contributed by atoms with van der Waals surface area (Å²) in [5.41, 5.74) is 0. The molecule has 0 aromatic heterocycles. The van der Waals surface area contributed by atoms with Crippen molar-refractivity contribution in [3.8, 4) is 0 Å². The van der Waals surface area contributed by atoms with Crippen molar-refractivity contribution in [2.75, 3.05) is 27.4 Å². The molecule has 0 radical (unpaired) electrons. The molecule has 0 spiro atoms. The van der Waals surface area contributed by atoms with E-state index in [1.807, 2.05) is 13.8 Å². The molecule has 6 nitrogen and oxygen atoms in total. The maximum Gasteiger partial charge on any atom is 0.302 e. The van der Waals surface area contributed by atoms with Crippen molar-refractivity contribution in [3.63, 3.8) is 0 Å². The third-order valence-electron chi connectivity index (χ3n) is 2.77. The van der Waals surface area contributed by atoms with Crippen molar-refractivity contribution in [1.29, 1.82) is 0 Å². The molecule has 0 saturated carbocycles. The molecule has 0 heterocycles. The van der Waals surface area contributed by atoms with Gasteiger partial charge in [0.1, 0.15) is 0 Å². The second-order valence-electron chi connectivity index (χ2n) is 4.57.